The molecule has 1 aromatic rings. The van der Waals surface area contributed by atoms with Crippen LogP contribution < -0.4 is 15.5 Å². The number of amides is 2. The Hall–Kier alpha value is -2.08. The maximum absolute atomic E-state index is 12.3. The monoisotopic (exact) mass is 330 g/mol. The van der Waals surface area contributed by atoms with Crippen molar-refractivity contribution in [2.75, 3.05) is 50.7 Å². The van der Waals surface area contributed by atoms with E-state index in [0.717, 1.165) is 39.0 Å². The van der Waals surface area contributed by atoms with E-state index in [9.17, 15) is 9.59 Å². The summed E-state index contributed by atoms with van der Waals surface area (Å²) in [7, 11) is 0. The molecular formula is C18H26N4O2. The zero-order valence-electron chi connectivity index (χ0n) is 14.0. The number of benzene rings is 1. The third kappa shape index (κ3) is 4.26. The van der Waals surface area contributed by atoms with Gasteiger partial charge in [0.15, 0.2) is 0 Å². The van der Waals surface area contributed by atoms with Crippen LogP contribution >= 0.6 is 0 Å². The molecule has 2 aliphatic heterocycles. The lowest BCUT2D eigenvalue weighted by atomic mass is 9.99. The van der Waals surface area contributed by atoms with Crippen molar-refractivity contribution in [3.05, 3.63) is 30.3 Å². The van der Waals surface area contributed by atoms with Gasteiger partial charge in [-0.15, -0.1) is 0 Å². The van der Waals surface area contributed by atoms with Gasteiger partial charge in [-0.1, -0.05) is 18.2 Å². The summed E-state index contributed by atoms with van der Waals surface area (Å²) in [5.41, 5.74) is 1.20. The highest BCUT2D eigenvalue weighted by molar-refractivity contribution is 5.86. The first-order valence-electron chi connectivity index (χ1n) is 8.80. The number of hydrogen-bond acceptors (Lipinski definition) is 4. The van der Waals surface area contributed by atoms with E-state index in [1.165, 1.54) is 5.69 Å². The van der Waals surface area contributed by atoms with Crippen molar-refractivity contribution < 1.29 is 9.59 Å². The molecule has 24 heavy (non-hydrogen) atoms. The molecule has 130 valence electrons. The van der Waals surface area contributed by atoms with Gasteiger partial charge in [0.1, 0.15) is 0 Å². The molecule has 0 saturated carbocycles. The molecule has 1 aromatic carbocycles. The van der Waals surface area contributed by atoms with Crippen molar-refractivity contribution in [1.82, 2.24) is 15.5 Å². The molecule has 3 rings (SSSR count). The minimum Gasteiger partial charge on any atom is -0.368 e. The van der Waals surface area contributed by atoms with E-state index in [2.05, 4.69) is 27.7 Å². The second kappa shape index (κ2) is 8.15. The number of nitrogens with one attached hydrogen (secondary N) is 2. The Bertz CT molecular complexity index is 549. The van der Waals surface area contributed by atoms with E-state index < -0.39 is 0 Å². The highest BCUT2D eigenvalue weighted by atomic mass is 16.2. The zero-order chi connectivity index (χ0) is 16.8. The molecule has 0 spiro atoms. The van der Waals surface area contributed by atoms with Crippen LogP contribution in [0.2, 0.25) is 0 Å². The third-order valence-electron chi connectivity index (χ3n) is 4.84. The number of piperazine rings is 1. The molecule has 0 bridgehead atoms. The van der Waals surface area contributed by atoms with Crippen molar-refractivity contribution in [3.8, 4) is 0 Å². The van der Waals surface area contributed by atoms with Gasteiger partial charge in [-0.3, -0.25) is 9.59 Å². The Labute approximate surface area is 143 Å². The fourth-order valence-corrected chi connectivity index (χ4v) is 3.35. The van der Waals surface area contributed by atoms with Crippen LogP contribution in [0.15, 0.2) is 30.3 Å². The molecule has 2 aliphatic rings. The third-order valence-corrected chi connectivity index (χ3v) is 4.84. The lowest BCUT2D eigenvalue weighted by molar-refractivity contribution is -0.134. The van der Waals surface area contributed by atoms with Crippen LogP contribution in [0.5, 0.6) is 0 Å². The molecule has 1 unspecified atom stereocenters. The summed E-state index contributed by atoms with van der Waals surface area (Å²) in [4.78, 5) is 28.5. The van der Waals surface area contributed by atoms with Crippen LogP contribution in [0.1, 0.15) is 12.8 Å². The van der Waals surface area contributed by atoms with E-state index in [1.807, 2.05) is 23.1 Å². The average Bonchev–Trinajstić information content (AvgIpc) is 2.67. The molecule has 2 heterocycles. The Morgan fingerprint density at radius 3 is 2.54 bits per heavy atom. The van der Waals surface area contributed by atoms with Gasteiger partial charge in [-0.2, -0.15) is 0 Å². The van der Waals surface area contributed by atoms with E-state index >= 15 is 0 Å². The van der Waals surface area contributed by atoms with E-state index in [1.54, 1.807) is 0 Å². The summed E-state index contributed by atoms with van der Waals surface area (Å²) in [6.45, 7) is 4.88. The number of piperidine rings is 1. The standard InChI is InChI=1S/C18H26N4O2/c23-17(14-20-18(24)15-5-4-8-19-13-15)22-11-9-21(10-12-22)16-6-2-1-3-7-16/h1-3,6-7,15,19H,4-5,8-14H2,(H,20,24). The Morgan fingerprint density at radius 1 is 1.12 bits per heavy atom. The number of para-hydroxylation sites is 1. The molecule has 0 radical (unpaired) electrons. The predicted octanol–water partition coefficient (Wildman–Crippen LogP) is 0.451. The fraction of sp³-hybridized carbons (Fsp3) is 0.556. The normalized spacial score (nSPS) is 21.4. The second-order valence-corrected chi connectivity index (χ2v) is 6.46. The summed E-state index contributed by atoms with van der Waals surface area (Å²) >= 11 is 0. The number of hydrogen-bond donors (Lipinski definition) is 2. The van der Waals surface area contributed by atoms with Gasteiger partial charge in [0.2, 0.25) is 11.8 Å². The van der Waals surface area contributed by atoms with Gasteiger partial charge in [0.25, 0.3) is 0 Å². The summed E-state index contributed by atoms with van der Waals surface area (Å²) < 4.78 is 0. The number of carbonyl (C=O) groups is 2. The minimum atomic E-state index is -0.00142. The molecular weight excluding hydrogens is 304 g/mol. The number of nitrogens with zero attached hydrogens (tertiary/aromatic N) is 2. The second-order valence-electron chi connectivity index (χ2n) is 6.46. The Balaban J connectivity index is 1.41. The van der Waals surface area contributed by atoms with Crippen molar-refractivity contribution in [3.63, 3.8) is 0 Å². The quantitative estimate of drug-likeness (QED) is 0.841. The average molecular weight is 330 g/mol. The molecule has 2 amide bonds. The molecule has 1 atom stereocenters. The van der Waals surface area contributed by atoms with Crippen LogP contribution in [0.25, 0.3) is 0 Å². The van der Waals surface area contributed by atoms with Gasteiger partial charge >= 0.3 is 0 Å². The lowest BCUT2D eigenvalue weighted by Crippen LogP contribution is -2.52. The van der Waals surface area contributed by atoms with Gasteiger partial charge in [-0.05, 0) is 31.5 Å². The first-order valence-corrected chi connectivity index (χ1v) is 8.80. The summed E-state index contributed by atoms with van der Waals surface area (Å²) in [6.07, 6.45) is 1.93. The first-order chi connectivity index (χ1) is 11.7. The molecule has 6 heteroatoms. The molecule has 2 saturated heterocycles. The van der Waals surface area contributed by atoms with Crippen molar-refractivity contribution in [2.24, 2.45) is 5.92 Å². The molecule has 0 aliphatic carbocycles. The Kier molecular flexibility index (Phi) is 5.69. The fourth-order valence-electron chi connectivity index (χ4n) is 3.35. The van der Waals surface area contributed by atoms with Crippen LogP contribution in [0.4, 0.5) is 5.69 Å². The smallest absolute Gasteiger partial charge is 0.242 e. The largest absolute Gasteiger partial charge is 0.368 e. The summed E-state index contributed by atoms with van der Waals surface area (Å²) in [5.74, 6) is 0.0137. The van der Waals surface area contributed by atoms with Crippen molar-refractivity contribution in [2.45, 2.75) is 12.8 Å². The highest BCUT2D eigenvalue weighted by Gasteiger charge is 2.24. The summed E-state index contributed by atoms with van der Waals surface area (Å²) in [5, 5.41) is 6.03. The predicted molar refractivity (Wildman–Crippen MR) is 93.8 cm³/mol. The first kappa shape index (κ1) is 16.8. The maximum Gasteiger partial charge on any atom is 0.242 e. The molecule has 6 nitrogen and oxygen atoms in total. The SMILES string of the molecule is O=C(NCC(=O)N1CCN(c2ccccc2)CC1)C1CCCNC1. The highest BCUT2D eigenvalue weighted by Crippen LogP contribution is 2.15. The number of carbonyl (C=O) groups excluding carboxylic acids is 2. The van der Waals surface area contributed by atoms with Crippen LogP contribution in [-0.4, -0.2) is 62.5 Å². The van der Waals surface area contributed by atoms with E-state index in [0.29, 0.717) is 13.1 Å². The van der Waals surface area contributed by atoms with Gasteiger partial charge in [-0.25, -0.2) is 0 Å². The van der Waals surface area contributed by atoms with E-state index in [-0.39, 0.29) is 24.3 Å². The molecule has 2 fully saturated rings. The van der Waals surface area contributed by atoms with Crippen molar-refractivity contribution in [1.29, 1.82) is 0 Å². The van der Waals surface area contributed by atoms with Crippen LogP contribution in [0, 0.1) is 5.92 Å². The number of rotatable bonds is 4. The minimum absolute atomic E-state index is 0.00137. The zero-order valence-corrected chi connectivity index (χ0v) is 14.0. The topological polar surface area (TPSA) is 64.7 Å². The Morgan fingerprint density at radius 2 is 1.88 bits per heavy atom. The van der Waals surface area contributed by atoms with Crippen LogP contribution in [-0.2, 0) is 9.59 Å². The summed E-state index contributed by atoms with van der Waals surface area (Å²) in [6, 6.07) is 10.3. The van der Waals surface area contributed by atoms with Gasteiger partial charge in [0, 0.05) is 38.4 Å². The van der Waals surface area contributed by atoms with Gasteiger partial charge < -0.3 is 20.4 Å². The molecule has 0 aromatic heterocycles. The van der Waals surface area contributed by atoms with E-state index in [4.69, 9.17) is 0 Å². The molecule has 2 N–H and O–H groups in total. The van der Waals surface area contributed by atoms with Crippen molar-refractivity contribution >= 4 is 17.5 Å². The number of anilines is 1. The lowest BCUT2D eigenvalue weighted by Gasteiger charge is -2.36. The van der Waals surface area contributed by atoms with Crippen LogP contribution in [0.3, 0.4) is 0 Å². The maximum atomic E-state index is 12.3. The van der Waals surface area contributed by atoms with Gasteiger partial charge in [0.05, 0.1) is 12.5 Å².